The zero-order valence-corrected chi connectivity index (χ0v) is 29.7. The van der Waals surface area contributed by atoms with Crippen LogP contribution in [0.25, 0.3) is 11.1 Å². The number of carbonyl (C=O) groups excluding carboxylic acids is 1. The van der Waals surface area contributed by atoms with Crippen molar-refractivity contribution in [3.8, 4) is 22.6 Å². The Morgan fingerprint density at radius 2 is 1.51 bits per heavy atom. The number of aliphatic hydroxyl groups is 1. The minimum atomic E-state index is -0.609. The number of amides is 2. The lowest BCUT2D eigenvalue weighted by Gasteiger charge is -2.36. The molecule has 0 saturated carbocycles. The summed E-state index contributed by atoms with van der Waals surface area (Å²) in [6.07, 6.45) is 1.12. The number of urea groups is 1. The van der Waals surface area contributed by atoms with Gasteiger partial charge in [0.15, 0.2) is 12.5 Å². The van der Waals surface area contributed by atoms with Crippen LogP contribution in [0.1, 0.15) is 41.1 Å². The zero-order chi connectivity index (χ0) is 36.4. The van der Waals surface area contributed by atoms with Crippen LogP contribution >= 0.6 is 11.8 Å². The molecule has 0 unspecified atom stereocenters. The van der Waals surface area contributed by atoms with Gasteiger partial charge in [-0.2, -0.15) is 4.73 Å². The number of aliphatic hydroxyl groups excluding tert-OH is 1. The molecule has 3 N–H and O–H groups in total. The summed E-state index contributed by atoms with van der Waals surface area (Å²) in [7, 11) is 0. The number of benzene rings is 5. The largest absolute Gasteiger partial charge is 0.618 e. The summed E-state index contributed by atoms with van der Waals surface area (Å²) in [4.78, 5) is 12.7. The second-order valence-electron chi connectivity index (χ2n) is 12.6. The number of nitrogens with one attached hydrogen (secondary N) is 2. The number of ether oxygens (including phenoxy) is 3. The van der Waals surface area contributed by atoms with Crippen LogP contribution in [-0.4, -0.2) is 23.0 Å². The highest BCUT2D eigenvalue weighted by atomic mass is 32.2. The van der Waals surface area contributed by atoms with E-state index < -0.39 is 6.29 Å². The van der Waals surface area contributed by atoms with Gasteiger partial charge < -0.3 is 35.2 Å². The molecule has 10 heteroatoms. The van der Waals surface area contributed by atoms with Crippen molar-refractivity contribution in [2.75, 3.05) is 11.1 Å². The standard InChI is InChI=1S/C43H39N3O6S/c47-28-30-12-14-33(15-13-30)40-26-39(29-53-41-11-4-5-24-46(41)49)51-42(52-40)34-18-16-32(17-19-34)35-8-6-7-31(25-35)27-44-43(48)45-36-20-22-38(23-21-36)50-37-9-2-1-3-10-37/h1-25,39-40,42,47H,26-29H2,(H2,44,45,48)/t39-,40+,42+/m1/s1. The molecular formula is C43H39N3O6S. The van der Waals surface area contributed by atoms with E-state index in [1.165, 1.54) is 18.0 Å². The van der Waals surface area contributed by atoms with E-state index in [-0.39, 0.29) is 24.8 Å². The van der Waals surface area contributed by atoms with Crippen LogP contribution in [0.5, 0.6) is 11.5 Å². The Morgan fingerprint density at radius 1 is 0.774 bits per heavy atom. The predicted molar refractivity (Wildman–Crippen MR) is 205 cm³/mol. The number of pyridine rings is 1. The van der Waals surface area contributed by atoms with Gasteiger partial charge in [-0.1, -0.05) is 96.7 Å². The second-order valence-corrected chi connectivity index (χ2v) is 13.6. The molecule has 2 heterocycles. The first kappa shape index (κ1) is 35.7. The maximum Gasteiger partial charge on any atom is 0.319 e. The normalized spacial score (nSPS) is 16.8. The van der Waals surface area contributed by atoms with Gasteiger partial charge in [-0.05, 0) is 76.3 Å². The molecule has 5 aromatic carbocycles. The van der Waals surface area contributed by atoms with Crippen molar-refractivity contribution in [3.63, 3.8) is 0 Å². The van der Waals surface area contributed by atoms with Gasteiger partial charge >= 0.3 is 6.03 Å². The molecule has 1 saturated heterocycles. The molecule has 9 nitrogen and oxygen atoms in total. The van der Waals surface area contributed by atoms with Crippen LogP contribution in [0.3, 0.4) is 0 Å². The van der Waals surface area contributed by atoms with Crippen molar-refractivity contribution < 1.29 is 28.8 Å². The third kappa shape index (κ3) is 9.62. The van der Waals surface area contributed by atoms with Gasteiger partial charge in [0.2, 0.25) is 0 Å². The fourth-order valence-corrected chi connectivity index (χ4v) is 6.94. The number of para-hydroxylation sites is 1. The minimum absolute atomic E-state index is 0.0220. The van der Waals surface area contributed by atoms with Gasteiger partial charge in [0.05, 0.1) is 18.8 Å². The van der Waals surface area contributed by atoms with Gasteiger partial charge in [0.25, 0.3) is 5.03 Å². The Labute approximate surface area is 312 Å². The Balaban J connectivity index is 0.974. The molecule has 53 heavy (non-hydrogen) atoms. The van der Waals surface area contributed by atoms with Crippen LogP contribution in [-0.2, 0) is 22.6 Å². The molecule has 1 aliphatic heterocycles. The van der Waals surface area contributed by atoms with Crippen LogP contribution in [0.2, 0.25) is 0 Å². The number of aromatic nitrogens is 1. The summed E-state index contributed by atoms with van der Waals surface area (Å²) < 4.78 is 19.7. The van der Waals surface area contributed by atoms with Crippen molar-refractivity contribution in [1.29, 1.82) is 0 Å². The van der Waals surface area contributed by atoms with E-state index in [0.717, 1.165) is 43.9 Å². The molecular weight excluding hydrogens is 687 g/mol. The van der Waals surface area contributed by atoms with Crippen LogP contribution in [0.15, 0.2) is 157 Å². The van der Waals surface area contributed by atoms with Gasteiger partial charge in [0, 0.05) is 42.1 Å². The van der Waals surface area contributed by atoms with Crippen molar-refractivity contribution in [1.82, 2.24) is 5.32 Å². The zero-order valence-electron chi connectivity index (χ0n) is 28.8. The number of hydrogen-bond acceptors (Lipinski definition) is 7. The lowest BCUT2D eigenvalue weighted by molar-refractivity contribution is -0.645. The molecule has 0 spiro atoms. The van der Waals surface area contributed by atoms with E-state index >= 15 is 0 Å². The lowest BCUT2D eigenvalue weighted by Crippen LogP contribution is -2.32. The van der Waals surface area contributed by atoms with Crippen LogP contribution in [0, 0.1) is 5.21 Å². The lowest BCUT2D eigenvalue weighted by atomic mass is 9.99. The fraction of sp³-hybridized carbons (Fsp3) is 0.163. The molecule has 6 aromatic rings. The summed E-state index contributed by atoms with van der Waals surface area (Å²) in [5.74, 6) is 2.02. The van der Waals surface area contributed by atoms with Gasteiger partial charge in [-0.15, -0.1) is 0 Å². The quantitative estimate of drug-likeness (QED) is 0.0656. The Morgan fingerprint density at radius 3 is 2.26 bits per heavy atom. The number of rotatable bonds is 12. The molecule has 0 radical (unpaired) electrons. The monoisotopic (exact) mass is 725 g/mol. The number of hydrogen-bond donors (Lipinski definition) is 3. The third-order valence-electron chi connectivity index (χ3n) is 8.81. The molecule has 1 aromatic heterocycles. The molecule has 268 valence electrons. The SMILES string of the molecule is O=C(NCc1cccc(-c2ccc([C@H]3O[C@@H](CSc4cccc[n+]4[O-])C[C@@H](c4ccc(CO)cc4)O3)cc2)c1)Nc1ccc(Oc2ccccc2)cc1. The molecule has 2 amide bonds. The van der Waals surface area contributed by atoms with E-state index in [9.17, 15) is 15.1 Å². The van der Waals surface area contributed by atoms with E-state index in [2.05, 4.69) is 16.7 Å². The first-order valence-electron chi connectivity index (χ1n) is 17.4. The number of thioether (sulfide) groups is 1. The average molecular weight is 726 g/mol. The topological polar surface area (TPSA) is 116 Å². The first-order valence-corrected chi connectivity index (χ1v) is 18.4. The van der Waals surface area contributed by atoms with Crippen molar-refractivity contribution in [2.24, 2.45) is 0 Å². The number of carbonyl (C=O) groups is 1. The van der Waals surface area contributed by atoms with Crippen LogP contribution in [0.4, 0.5) is 10.5 Å². The van der Waals surface area contributed by atoms with Gasteiger partial charge in [0.1, 0.15) is 11.5 Å². The maximum absolute atomic E-state index is 12.7. The molecule has 1 fully saturated rings. The van der Waals surface area contributed by atoms with E-state index in [1.54, 1.807) is 24.3 Å². The van der Waals surface area contributed by atoms with E-state index in [4.69, 9.17) is 14.2 Å². The summed E-state index contributed by atoms with van der Waals surface area (Å²) in [6, 6.07) is 45.8. The van der Waals surface area contributed by atoms with E-state index in [1.807, 2.05) is 115 Å². The highest BCUT2D eigenvalue weighted by molar-refractivity contribution is 7.99. The Bertz CT molecular complexity index is 2100. The van der Waals surface area contributed by atoms with Crippen molar-refractivity contribution in [3.05, 3.63) is 179 Å². The third-order valence-corrected chi connectivity index (χ3v) is 9.96. The minimum Gasteiger partial charge on any atom is -0.618 e. The molecule has 0 bridgehead atoms. The van der Waals surface area contributed by atoms with Gasteiger partial charge in [-0.25, -0.2) is 4.79 Å². The van der Waals surface area contributed by atoms with Gasteiger partial charge in [-0.3, -0.25) is 0 Å². The summed E-state index contributed by atoms with van der Waals surface area (Å²) in [5.41, 5.74) is 6.37. The van der Waals surface area contributed by atoms with E-state index in [0.29, 0.717) is 35.2 Å². The predicted octanol–water partition coefficient (Wildman–Crippen LogP) is 8.93. The number of nitrogens with zero attached hydrogens (tertiary/aromatic N) is 1. The molecule has 1 aliphatic rings. The highest BCUT2D eigenvalue weighted by Gasteiger charge is 2.32. The summed E-state index contributed by atoms with van der Waals surface area (Å²) in [6.45, 7) is 0.331. The molecule has 7 rings (SSSR count). The first-order chi connectivity index (χ1) is 26.0. The number of anilines is 1. The van der Waals surface area contributed by atoms with Crippen molar-refractivity contribution >= 4 is 23.5 Å². The smallest absolute Gasteiger partial charge is 0.319 e. The van der Waals surface area contributed by atoms with Crippen LogP contribution < -0.4 is 20.1 Å². The molecule has 3 atom stereocenters. The Hall–Kier alpha value is -5.65. The highest BCUT2D eigenvalue weighted by Crippen LogP contribution is 2.39. The fourth-order valence-electron chi connectivity index (χ4n) is 6.01. The average Bonchev–Trinajstić information content (AvgIpc) is 3.21. The maximum atomic E-state index is 12.7. The molecule has 0 aliphatic carbocycles. The second kappa shape index (κ2) is 17.2. The van der Waals surface area contributed by atoms with Crippen molar-refractivity contribution in [2.45, 2.75) is 43.1 Å². The Kier molecular flexibility index (Phi) is 11.6. The summed E-state index contributed by atoms with van der Waals surface area (Å²) >= 11 is 1.46. The summed E-state index contributed by atoms with van der Waals surface area (Å²) in [5, 5.41) is 28.2.